The van der Waals surface area contributed by atoms with Gasteiger partial charge < -0.3 is 20.1 Å². The molecule has 2 aliphatic heterocycles. The first-order valence-corrected chi connectivity index (χ1v) is 12.0. The fourth-order valence-electron chi connectivity index (χ4n) is 5.09. The van der Waals surface area contributed by atoms with Crippen molar-refractivity contribution in [2.45, 2.75) is 25.8 Å². The van der Waals surface area contributed by atoms with Gasteiger partial charge in [0.05, 0.1) is 11.6 Å². The summed E-state index contributed by atoms with van der Waals surface area (Å²) in [6.45, 7) is 2.95. The molecular weight excluding hydrogens is 470 g/mol. The number of pyridine rings is 1. The molecule has 1 aromatic heterocycles. The fraction of sp³-hybridized carbons (Fsp3) is 0.250. The zero-order valence-electron chi connectivity index (χ0n) is 20.2. The van der Waals surface area contributed by atoms with E-state index in [2.05, 4.69) is 10.6 Å². The van der Waals surface area contributed by atoms with Gasteiger partial charge in [0.25, 0.3) is 11.5 Å². The highest BCUT2D eigenvalue weighted by atomic mass is 16.2. The summed E-state index contributed by atoms with van der Waals surface area (Å²) in [5, 5.41) is 14.5. The second-order valence-corrected chi connectivity index (χ2v) is 9.50. The Morgan fingerprint density at radius 1 is 0.892 bits per heavy atom. The van der Waals surface area contributed by atoms with Gasteiger partial charge in [0.1, 0.15) is 5.69 Å². The SMILES string of the molecule is CC(=O)c1ccc(NC(=O)N2CC3CC(C2)c2ccc(NC(=O)c4ccc(C#N)cc4)c(=O)n2C3)cc1. The van der Waals surface area contributed by atoms with Crippen molar-refractivity contribution < 1.29 is 14.4 Å². The maximum absolute atomic E-state index is 13.2. The van der Waals surface area contributed by atoms with Crippen LogP contribution in [0.1, 0.15) is 51.2 Å². The smallest absolute Gasteiger partial charge is 0.321 e. The number of nitriles is 1. The lowest BCUT2D eigenvalue weighted by Crippen LogP contribution is -2.50. The van der Waals surface area contributed by atoms with Gasteiger partial charge in [-0.3, -0.25) is 14.4 Å². The van der Waals surface area contributed by atoms with Gasteiger partial charge in [-0.25, -0.2) is 4.79 Å². The lowest BCUT2D eigenvalue weighted by molar-refractivity contribution is 0.101. The average Bonchev–Trinajstić information content (AvgIpc) is 2.90. The number of anilines is 2. The van der Waals surface area contributed by atoms with Crippen LogP contribution in [-0.4, -0.2) is 40.3 Å². The van der Waals surface area contributed by atoms with Gasteiger partial charge >= 0.3 is 6.03 Å². The van der Waals surface area contributed by atoms with Crippen LogP contribution in [0.2, 0.25) is 0 Å². The van der Waals surface area contributed by atoms with Crippen molar-refractivity contribution in [2.24, 2.45) is 5.92 Å². The zero-order chi connectivity index (χ0) is 26.1. The summed E-state index contributed by atoms with van der Waals surface area (Å²) in [6, 6.07) is 18.2. The summed E-state index contributed by atoms with van der Waals surface area (Å²) in [5.74, 6) is -0.335. The number of likely N-dealkylation sites (tertiary alicyclic amines) is 1. The summed E-state index contributed by atoms with van der Waals surface area (Å²) in [7, 11) is 0. The Morgan fingerprint density at radius 3 is 2.27 bits per heavy atom. The Balaban J connectivity index is 1.29. The minimum Gasteiger partial charge on any atom is -0.324 e. The van der Waals surface area contributed by atoms with Crippen LogP contribution in [0.15, 0.2) is 65.5 Å². The number of carbonyl (C=O) groups excluding carboxylic acids is 3. The van der Waals surface area contributed by atoms with E-state index in [1.165, 1.54) is 6.92 Å². The molecule has 9 heteroatoms. The molecule has 0 aliphatic carbocycles. The van der Waals surface area contributed by atoms with Gasteiger partial charge in [0, 0.05) is 48.1 Å². The number of rotatable bonds is 4. The minimum atomic E-state index is -0.419. The molecule has 1 fully saturated rings. The molecule has 186 valence electrons. The molecule has 0 spiro atoms. The van der Waals surface area contributed by atoms with Gasteiger partial charge in [-0.2, -0.15) is 5.26 Å². The summed E-state index contributed by atoms with van der Waals surface area (Å²) < 4.78 is 1.71. The molecule has 2 bridgehead atoms. The molecule has 2 atom stereocenters. The van der Waals surface area contributed by atoms with Crippen LogP contribution in [0, 0.1) is 17.2 Å². The number of benzene rings is 2. The molecule has 0 radical (unpaired) electrons. The van der Waals surface area contributed by atoms with Crippen molar-refractivity contribution >= 4 is 29.1 Å². The predicted molar refractivity (Wildman–Crippen MR) is 138 cm³/mol. The van der Waals surface area contributed by atoms with Crippen LogP contribution in [0.4, 0.5) is 16.2 Å². The number of Topliss-reactive ketones (excluding diaryl/α,β-unsaturated/α-hetero) is 1. The molecule has 1 saturated heterocycles. The summed E-state index contributed by atoms with van der Waals surface area (Å²) in [4.78, 5) is 52.1. The Morgan fingerprint density at radius 2 is 1.59 bits per heavy atom. The van der Waals surface area contributed by atoms with Crippen LogP contribution >= 0.6 is 0 Å². The molecule has 2 aromatic carbocycles. The van der Waals surface area contributed by atoms with E-state index in [-0.39, 0.29) is 34.9 Å². The zero-order valence-corrected chi connectivity index (χ0v) is 20.2. The van der Waals surface area contributed by atoms with Crippen molar-refractivity contribution in [2.75, 3.05) is 23.7 Å². The number of nitrogens with zero attached hydrogens (tertiary/aromatic N) is 3. The van der Waals surface area contributed by atoms with Gasteiger partial charge in [-0.15, -0.1) is 0 Å². The third-order valence-electron chi connectivity index (χ3n) is 6.96. The molecule has 9 nitrogen and oxygen atoms in total. The third-order valence-corrected chi connectivity index (χ3v) is 6.96. The van der Waals surface area contributed by atoms with Crippen LogP contribution in [0.5, 0.6) is 0 Å². The lowest BCUT2D eigenvalue weighted by atomic mass is 9.83. The largest absolute Gasteiger partial charge is 0.324 e. The Kier molecular flexibility index (Phi) is 6.32. The number of ketones is 1. The quantitative estimate of drug-likeness (QED) is 0.533. The third kappa shape index (κ3) is 4.86. The molecule has 2 unspecified atom stereocenters. The number of hydrogen-bond donors (Lipinski definition) is 2. The highest BCUT2D eigenvalue weighted by molar-refractivity contribution is 6.04. The maximum atomic E-state index is 13.2. The summed E-state index contributed by atoms with van der Waals surface area (Å²) in [5.41, 5.74) is 2.78. The van der Waals surface area contributed by atoms with Crippen LogP contribution in [0.25, 0.3) is 0 Å². The fourth-order valence-corrected chi connectivity index (χ4v) is 5.09. The minimum absolute atomic E-state index is 0.00863. The number of aromatic nitrogens is 1. The molecule has 0 saturated carbocycles. The Bertz CT molecular complexity index is 1480. The molecule has 2 N–H and O–H groups in total. The molecule has 37 heavy (non-hydrogen) atoms. The van der Waals surface area contributed by atoms with E-state index in [4.69, 9.17) is 5.26 Å². The van der Waals surface area contributed by atoms with Gasteiger partial charge in [-0.05, 0) is 79.9 Å². The summed E-state index contributed by atoms with van der Waals surface area (Å²) in [6.07, 6.45) is 0.882. The molecule has 3 aromatic rings. The number of piperidine rings is 1. The van der Waals surface area contributed by atoms with Crippen molar-refractivity contribution in [1.29, 1.82) is 5.26 Å². The van der Waals surface area contributed by atoms with Crippen molar-refractivity contribution in [3.63, 3.8) is 0 Å². The standard InChI is InChI=1S/C28H25N5O4/c1-17(34)20-6-8-23(9-7-20)30-28(37)32-14-19-12-22(16-32)25-11-10-24(27(36)33(25)15-19)31-26(35)21-4-2-18(13-29)3-5-21/h2-11,19,22H,12,14-16H2,1H3,(H,30,37)(H,31,35). The highest BCUT2D eigenvalue weighted by Gasteiger charge is 2.36. The van der Waals surface area contributed by atoms with Crippen LogP contribution in [0.3, 0.4) is 0 Å². The molecule has 2 aliphatic rings. The van der Waals surface area contributed by atoms with Crippen LogP contribution in [-0.2, 0) is 6.54 Å². The number of nitrogens with one attached hydrogen (secondary N) is 2. The second kappa shape index (κ2) is 9.74. The normalized spacial score (nSPS) is 17.8. The van der Waals surface area contributed by atoms with E-state index in [0.29, 0.717) is 42.0 Å². The molecule has 3 amide bonds. The second-order valence-electron chi connectivity index (χ2n) is 9.50. The van der Waals surface area contributed by atoms with E-state index in [0.717, 1.165) is 12.1 Å². The average molecular weight is 496 g/mol. The number of amides is 3. The summed E-state index contributed by atoms with van der Waals surface area (Å²) >= 11 is 0. The van der Waals surface area contributed by atoms with Crippen molar-refractivity contribution in [1.82, 2.24) is 9.47 Å². The number of carbonyl (C=O) groups is 3. The molecular formula is C28H25N5O4. The van der Waals surface area contributed by atoms with Crippen LogP contribution < -0.4 is 16.2 Å². The maximum Gasteiger partial charge on any atom is 0.321 e. The van der Waals surface area contributed by atoms with Gasteiger partial charge in [-0.1, -0.05) is 0 Å². The highest BCUT2D eigenvalue weighted by Crippen LogP contribution is 2.35. The first-order chi connectivity index (χ1) is 17.8. The topological polar surface area (TPSA) is 124 Å². The number of urea groups is 1. The van der Waals surface area contributed by atoms with Gasteiger partial charge in [0.15, 0.2) is 5.78 Å². The van der Waals surface area contributed by atoms with Gasteiger partial charge in [0.2, 0.25) is 0 Å². The Hall–Kier alpha value is -4.71. The van der Waals surface area contributed by atoms with E-state index in [9.17, 15) is 19.2 Å². The van der Waals surface area contributed by atoms with E-state index >= 15 is 0 Å². The monoisotopic (exact) mass is 495 g/mol. The van der Waals surface area contributed by atoms with E-state index in [1.54, 1.807) is 64.1 Å². The predicted octanol–water partition coefficient (Wildman–Crippen LogP) is 3.83. The van der Waals surface area contributed by atoms with E-state index in [1.807, 2.05) is 12.1 Å². The van der Waals surface area contributed by atoms with E-state index < -0.39 is 5.91 Å². The molecule has 5 rings (SSSR count). The Labute approximate surface area is 213 Å². The van der Waals surface area contributed by atoms with Crippen molar-refractivity contribution in [3.05, 3.63) is 93.4 Å². The van der Waals surface area contributed by atoms with Crippen molar-refractivity contribution in [3.8, 4) is 6.07 Å². The number of hydrogen-bond acceptors (Lipinski definition) is 5. The first kappa shape index (κ1) is 24.0. The lowest BCUT2D eigenvalue weighted by Gasteiger charge is -2.42. The number of fused-ring (bicyclic) bond motifs is 4. The molecule has 3 heterocycles. The first-order valence-electron chi connectivity index (χ1n) is 12.0.